The van der Waals surface area contributed by atoms with Gasteiger partial charge in [0, 0.05) is 39.0 Å². The number of pyridine rings is 1. The van der Waals surface area contributed by atoms with Crippen molar-refractivity contribution in [1.29, 1.82) is 0 Å². The van der Waals surface area contributed by atoms with Crippen molar-refractivity contribution >= 4 is 16.7 Å². The molecule has 0 aliphatic carbocycles. The Hall–Kier alpha value is -3.07. The molecule has 0 atom stereocenters. The van der Waals surface area contributed by atoms with Gasteiger partial charge in [0.2, 0.25) is 0 Å². The minimum atomic E-state index is 0. The van der Waals surface area contributed by atoms with Gasteiger partial charge >= 0.3 is 0 Å². The Morgan fingerprint density at radius 3 is 2.18 bits per heavy atom. The van der Waals surface area contributed by atoms with E-state index in [-0.39, 0.29) is 31.6 Å². The molecule has 0 unspecified atom stereocenters. The third kappa shape index (κ3) is 9.67. The molecule has 0 saturated carbocycles. The van der Waals surface area contributed by atoms with Crippen LogP contribution in [0, 0.1) is 31.7 Å². The van der Waals surface area contributed by atoms with E-state index in [0.717, 1.165) is 27.7 Å². The van der Waals surface area contributed by atoms with Crippen LogP contribution >= 0.6 is 0 Å². The first-order chi connectivity index (χ1) is 17.6. The standard InChI is InChI=1S/C23H18N.C11H20O2.Ir/c1-16-12-17(2)14-21(13-16)23-11-9-20-15-19(8-10-22(20)24-23)18-6-4-3-5-7-18;1-8(2)5-10(12)7-11(13)6-9(3)4;/h3-13,15H,1-2H3;7-9,12H,5-6H2,1-4H3;/q-1;;/b;10-7-;. The van der Waals surface area contributed by atoms with Crippen LogP contribution in [-0.2, 0) is 24.9 Å². The first-order valence-electron chi connectivity index (χ1n) is 13.0. The quantitative estimate of drug-likeness (QED) is 0.120. The summed E-state index contributed by atoms with van der Waals surface area (Å²) in [6.45, 7) is 12.2. The summed E-state index contributed by atoms with van der Waals surface area (Å²) < 4.78 is 0. The molecule has 4 rings (SSSR count). The summed E-state index contributed by atoms with van der Waals surface area (Å²) in [5, 5.41) is 10.5. The predicted octanol–water partition coefficient (Wildman–Crippen LogP) is 9.07. The number of nitrogens with zero attached hydrogens (tertiary/aromatic N) is 1. The summed E-state index contributed by atoms with van der Waals surface area (Å²) >= 11 is 0. The number of ketones is 1. The zero-order valence-corrected chi connectivity index (χ0v) is 25.6. The number of fused-ring (bicyclic) bond motifs is 1. The van der Waals surface area contributed by atoms with Gasteiger partial charge in [0.15, 0.2) is 5.78 Å². The second-order valence-corrected chi connectivity index (χ2v) is 10.5. The van der Waals surface area contributed by atoms with Crippen molar-refractivity contribution in [2.75, 3.05) is 0 Å². The van der Waals surface area contributed by atoms with Crippen molar-refractivity contribution in [2.45, 2.75) is 54.4 Å². The molecule has 0 fully saturated rings. The van der Waals surface area contributed by atoms with Crippen LogP contribution < -0.4 is 0 Å². The number of benzene rings is 3. The molecule has 4 aromatic rings. The molecule has 0 aliphatic rings. The molecular weight excluding hydrogens is 647 g/mol. The Morgan fingerprint density at radius 1 is 0.868 bits per heavy atom. The normalized spacial score (nSPS) is 11.2. The van der Waals surface area contributed by atoms with Crippen molar-refractivity contribution in [3.63, 3.8) is 0 Å². The number of hydrogen-bond acceptors (Lipinski definition) is 3. The van der Waals surface area contributed by atoms with Gasteiger partial charge in [-0.05, 0) is 46.2 Å². The number of carbonyl (C=O) groups is 1. The Morgan fingerprint density at radius 2 is 1.55 bits per heavy atom. The Kier molecular flexibility index (Phi) is 12.1. The summed E-state index contributed by atoms with van der Waals surface area (Å²) in [5.74, 6) is 0.979. The molecule has 0 amide bonds. The molecule has 0 spiro atoms. The van der Waals surface area contributed by atoms with Gasteiger partial charge in [0.1, 0.15) is 0 Å². The monoisotopic (exact) mass is 685 g/mol. The number of aliphatic hydroxyl groups is 1. The van der Waals surface area contributed by atoms with Gasteiger partial charge in [0.05, 0.1) is 11.3 Å². The van der Waals surface area contributed by atoms with Gasteiger partial charge in [-0.2, -0.15) is 0 Å². The van der Waals surface area contributed by atoms with E-state index >= 15 is 0 Å². The Balaban J connectivity index is 0.000000313. The number of hydrogen-bond donors (Lipinski definition) is 1. The van der Waals surface area contributed by atoms with Crippen molar-refractivity contribution in [1.82, 2.24) is 4.98 Å². The van der Waals surface area contributed by atoms with Crippen LogP contribution in [0.2, 0.25) is 0 Å². The van der Waals surface area contributed by atoms with Gasteiger partial charge < -0.3 is 5.11 Å². The minimum Gasteiger partial charge on any atom is -0.512 e. The maximum absolute atomic E-state index is 11.2. The summed E-state index contributed by atoms with van der Waals surface area (Å²) in [7, 11) is 0. The molecule has 0 aliphatic heterocycles. The molecule has 1 radical (unpaired) electrons. The fraction of sp³-hybridized carbons (Fsp3) is 0.294. The summed E-state index contributed by atoms with van der Waals surface area (Å²) in [5.41, 5.74) is 7.87. The van der Waals surface area contributed by atoms with Gasteiger partial charge in [-0.25, -0.2) is 0 Å². The number of carbonyl (C=O) groups excluding carboxylic acids is 1. The molecule has 38 heavy (non-hydrogen) atoms. The molecule has 0 saturated heterocycles. The molecule has 3 nitrogen and oxygen atoms in total. The van der Waals surface area contributed by atoms with Gasteiger partial charge in [-0.3, -0.25) is 9.78 Å². The van der Waals surface area contributed by atoms with E-state index in [0.29, 0.717) is 24.7 Å². The third-order valence-corrected chi connectivity index (χ3v) is 5.77. The molecular formula is C34H38IrNO2-. The Labute approximate surface area is 241 Å². The van der Waals surface area contributed by atoms with Crippen LogP contribution in [0.5, 0.6) is 0 Å². The van der Waals surface area contributed by atoms with Crippen molar-refractivity contribution < 1.29 is 30.0 Å². The summed E-state index contributed by atoms with van der Waals surface area (Å²) in [4.78, 5) is 16.0. The fourth-order valence-electron chi connectivity index (χ4n) is 4.24. The first kappa shape index (κ1) is 31.1. The topological polar surface area (TPSA) is 50.2 Å². The SMILES string of the molecule is CC(C)CC(=O)/C=C(\O)CC(C)C.Cc1[c-]c(-c2ccc3cc(-c4ccccc4)ccc3n2)cc(C)c1.[Ir]. The maximum atomic E-state index is 11.2. The average molecular weight is 685 g/mol. The second kappa shape index (κ2) is 14.8. The van der Waals surface area contributed by atoms with E-state index in [2.05, 4.69) is 86.6 Å². The zero-order chi connectivity index (χ0) is 26.9. The van der Waals surface area contributed by atoms with Gasteiger partial charge in [-0.15, -0.1) is 34.9 Å². The molecule has 0 bridgehead atoms. The fourth-order valence-corrected chi connectivity index (χ4v) is 4.24. The van der Waals surface area contributed by atoms with Crippen LogP contribution in [0.4, 0.5) is 0 Å². The van der Waals surface area contributed by atoms with E-state index in [9.17, 15) is 9.90 Å². The molecule has 201 valence electrons. The molecule has 1 heterocycles. The van der Waals surface area contributed by atoms with E-state index in [1.54, 1.807) is 0 Å². The van der Waals surface area contributed by atoms with Crippen LogP contribution in [0.1, 0.15) is 51.7 Å². The number of aryl methyl sites for hydroxylation is 2. The number of allylic oxidation sites excluding steroid dienone is 2. The van der Waals surface area contributed by atoms with E-state index in [1.807, 2.05) is 33.8 Å². The second-order valence-electron chi connectivity index (χ2n) is 10.5. The van der Waals surface area contributed by atoms with Gasteiger partial charge in [0.25, 0.3) is 0 Å². The summed E-state index contributed by atoms with van der Waals surface area (Å²) in [6, 6.07) is 28.8. The minimum absolute atomic E-state index is 0. The van der Waals surface area contributed by atoms with Crippen molar-refractivity contribution in [3.05, 3.63) is 102 Å². The first-order valence-corrected chi connectivity index (χ1v) is 13.0. The number of aliphatic hydroxyl groups excluding tert-OH is 1. The third-order valence-electron chi connectivity index (χ3n) is 5.77. The van der Waals surface area contributed by atoms with Crippen LogP contribution in [0.15, 0.2) is 84.6 Å². The van der Waals surface area contributed by atoms with Crippen LogP contribution in [0.25, 0.3) is 33.3 Å². The van der Waals surface area contributed by atoms with Crippen molar-refractivity contribution in [2.24, 2.45) is 11.8 Å². The van der Waals surface area contributed by atoms with Gasteiger partial charge in [-0.1, -0.05) is 90.1 Å². The van der Waals surface area contributed by atoms with Crippen molar-refractivity contribution in [3.8, 4) is 22.4 Å². The average Bonchev–Trinajstić information content (AvgIpc) is 2.82. The van der Waals surface area contributed by atoms with E-state index in [1.165, 1.54) is 22.8 Å². The number of aromatic nitrogens is 1. The predicted molar refractivity (Wildman–Crippen MR) is 156 cm³/mol. The van der Waals surface area contributed by atoms with Crippen LogP contribution in [-0.4, -0.2) is 15.9 Å². The molecule has 1 N–H and O–H groups in total. The Bertz CT molecular complexity index is 1350. The smallest absolute Gasteiger partial charge is 0.159 e. The largest absolute Gasteiger partial charge is 0.512 e. The molecule has 1 aromatic heterocycles. The number of rotatable bonds is 7. The van der Waals surface area contributed by atoms with E-state index < -0.39 is 0 Å². The molecule has 4 heteroatoms. The maximum Gasteiger partial charge on any atom is 0.159 e. The zero-order valence-electron chi connectivity index (χ0n) is 23.2. The summed E-state index contributed by atoms with van der Waals surface area (Å²) in [6.07, 6.45) is 2.46. The molecule has 3 aromatic carbocycles. The van der Waals surface area contributed by atoms with E-state index in [4.69, 9.17) is 4.98 Å². The van der Waals surface area contributed by atoms with Crippen LogP contribution in [0.3, 0.4) is 0 Å².